The van der Waals surface area contributed by atoms with Crippen LogP contribution < -0.4 is 0 Å². The lowest BCUT2D eigenvalue weighted by Crippen LogP contribution is -2.19. The summed E-state index contributed by atoms with van der Waals surface area (Å²) in [4.78, 5) is 7.85. The van der Waals surface area contributed by atoms with Gasteiger partial charge in [0.15, 0.2) is 0 Å². The maximum atomic E-state index is 7.68. The Morgan fingerprint density at radius 3 is 1.58 bits per heavy atom. The van der Waals surface area contributed by atoms with E-state index in [1.165, 1.54) is 0 Å². The van der Waals surface area contributed by atoms with E-state index in [1.807, 2.05) is 0 Å². The fourth-order valence-corrected chi connectivity index (χ4v) is 0.338. The lowest BCUT2D eigenvalue weighted by atomic mass is 12.3. The fourth-order valence-electron chi connectivity index (χ4n) is 0.338. The van der Waals surface area contributed by atoms with E-state index in [0.717, 1.165) is 0 Å². The topological polar surface area (TPSA) is 280 Å². The highest BCUT2D eigenvalue weighted by Crippen LogP contribution is 2.00. The third-order valence-electron chi connectivity index (χ3n) is 0.786. The van der Waals surface area contributed by atoms with Crippen LogP contribution in [-0.4, -0.2) is 15.8 Å². The van der Waals surface area contributed by atoms with Crippen LogP contribution in [0.2, 0.25) is 0 Å². The van der Waals surface area contributed by atoms with Crippen LogP contribution in [0.5, 0.6) is 0 Å². The van der Waals surface area contributed by atoms with Crippen molar-refractivity contribution in [2.45, 2.75) is 0 Å². The minimum Gasteiger partial charge on any atom is -0.219 e. The van der Waals surface area contributed by atoms with Crippen molar-refractivity contribution in [2.75, 3.05) is 0 Å². The summed E-state index contributed by atoms with van der Waals surface area (Å²) in [6.45, 7) is 0. The summed E-state index contributed by atoms with van der Waals surface area (Å²) in [5, 5.41) is 70.5. The first-order valence-electron chi connectivity index (χ1n) is 4.25. The number of hydrogen-bond acceptors (Lipinski definition) is 15. The number of hydrogen-bond donors (Lipinski definition) is 3. The maximum absolute atomic E-state index is 7.68. The molecule has 0 amide bonds. The van der Waals surface area contributed by atoms with Gasteiger partial charge in [-0.3, -0.25) is 0 Å². The lowest BCUT2D eigenvalue weighted by Gasteiger charge is -2.07. The first kappa shape index (κ1) is 21.3. The summed E-state index contributed by atoms with van der Waals surface area (Å²) in [6.07, 6.45) is 0. The van der Waals surface area contributed by atoms with Crippen LogP contribution in [0.3, 0.4) is 0 Å². The minimum atomic E-state index is -0.223. The summed E-state index contributed by atoms with van der Waals surface area (Å²) in [7, 11) is 0. The van der Waals surface area contributed by atoms with Gasteiger partial charge in [0, 0.05) is 20.9 Å². The third kappa shape index (κ3) is 15.7. The van der Waals surface area contributed by atoms with Crippen LogP contribution in [0, 0.1) is 5.53 Å². The van der Waals surface area contributed by atoms with Crippen LogP contribution in [0.1, 0.15) is 0 Å². The first-order valence-corrected chi connectivity index (χ1v) is 4.25. The predicted molar refractivity (Wildman–Crippen MR) is 43.6 cm³/mol. The number of nitrogens with zero attached hydrogens (tertiary/aromatic N) is 10. The van der Waals surface area contributed by atoms with Crippen LogP contribution in [0.4, 0.5) is 0 Å². The average Bonchev–Trinajstić information content (AvgIpc) is 2.60. The molecule has 0 aliphatic rings. The molecular weight excluding hydrogens is 362 g/mol. The van der Waals surface area contributed by atoms with Gasteiger partial charge in [-0.2, -0.15) is 5.53 Å². The molecule has 0 rings (SSSR count). The Morgan fingerprint density at radius 2 is 1.04 bits per heavy atom. The molecule has 0 heterocycles. The largest absolute Gasteiger partial charge is 0.219 e. The van der Waals surface area contributed by atoms with E-state index in [0.29, 0.717) is 0 Å². The zero-order valence-corrected chi connectivity index (χ0v) is 10.4. The molecule has 0 radical (unpaired) electrons. The summed E-state index contributed by atoms with van der Waals surface area (Å²) >= 11 is 0. The molecule has 0 aromatic rings. The Labute approximate surface area is 125 Å². The van der Waals surface area contributed by atoms with Crippen molar-refractivity contribution >= 4 is 0 Å². The minimum absolute atomic E-state index is 0.223. The van der Waals surface area contributed by atoms with Crippen LogP contribution in [0.25, 0.3) is 0 Å². The summed E-state index contributed by atoms with van der Waals surface area (Å²) in [5.41, 5.74) is 6.20. The molecule has 24 heteroatoms. The third-order valence-corrected chi connectivity index (χ3v) is 0.786. The Hall–Kier alpha value is -2.72. The highest BCUT2D eigenvalue weighted by Gasteiger charge is 2.09. The van der Waals surface area contributed by atoms with E-state index in [9.17, 15) is 0 Å². The highest BCUT2D eigenvalue weighted by atomic mass is 17.9. The molecule has 0 bridgehead atoms. The van der Waals surface area contributed by atoms with Gasteiger partial charge in [0.05, 0.1) is 5.34 Å². The smallest absolute Gasteiger partial charge is 0.0559 e. The van der Waals surface area contributed by atoms with Gasteiger partial charge >= 0.3 is 0 Å². The SMILES string of the molecule is N=N/N=N/N=N/N=N/N=N/N(OOOOOO)OOOOOOO. The molecule has 0 spiro atoms. The van der Waals surface area contributed by atoms with Gasteiger partial charge in [-0.15, -0.1) is 0 Å². The van der Waals surface area contributed by atoms with E-state index in [4.69, 9.17) is 16.0 Å². The molecule has 0 fully saturated rings. The second-order valence-electron chi connectivity index (χ2n) is 1.83. The van der Waals surface area contributed by atoms with E-state index < -0.39 is 0 Å². The number of rotatable bonds is 16. The van der Waals surface area contributed by atoms with Gasteiger partial charge in [0.25, 0.3) is 0 Å². The van der Waals surface area contributed by atoms with Gasteiger partial charge in [0.2, 0.25) is 0 Å². The van der Waals surface area contributed by atoms with Crippen molar-refractivity contribution in [3.63, 3.8) is 0 Å². The summed E-state index contributed by atoms with van der Waals surface area (Å²) in [6, 6.07) is 0. The molecular formula is H3N11O13. The molecule has 0 atom stereocenters. The molecule has 0 aromatic heterocycles. The van der Waals surface area contributed by atoms with Crippen molar-refractivity contribution < 1.29 is 65.8 Å². The van der Waals surface area contributed by atoms with Gasteiger partial charge < -0.3 is 0 Å². The molecule has 0 saturated carbocycles. The Bertz CT molecular complexity index is 391. The zero-order chi connectivity index (χ0) is 17.7. The molecule has 0 saturated heterocycles. The van der Waals surface area contributed by atoms with E-state index >= 15 is 0 Å². The van der Waals surface area contributed by atoms with Crippen LogP contribution in [-0.2, 0) is 55.3 Å². The summed E-state index contributed by atoms with van der Waals surface area (Å²) < 4.78 is 0. The molecule has 136 valence electrons. The average molecular weight is 365 g/mol. The van der Waals surface area contributed by atoms with Crippen molar-refractivity contribution in [3.05, 3.63) is 0 Å². The first-order chi connectivity index (χ1) is 11.8. The monoisotopic (exact) mass is 365 g/mol. The molecule has 0 unspecified atom stereocenters. The Morgan fingerprint density at radius 1 is 0.583 bits per heavy atom. The van der Waals surface area contributed by atoms with Crippen molar-refractivity contribution in [1.82, 2.24) is 5.34 Å². The van der Waals surface area contributed by atoms with Gasteiger partial charge in [-0.25, -0.2) is 10.5 Å². The molecule has 24 heavy (non-hydrogen) atoms. The quantitative estimate of drug-likeness (QED) is 0.148. The van der Waals surface area contributed by atoms with E-state index in [2.05, 4.69) is 102 Å². The summed E-state index contributed by atoms with van der Waals surface area (Å²) in [5.74, 6) is 0. The van der Waals surface area contributed by atoms with Crippen LogP contribution >= 0.6 is 0 Å². The predicted octanol–water partition coefficient (Wildman–Crippen LogP) is 0.897. The van der Waals surface area contributed by atoms with Gasteiger partial charge in [0.1, 0.15) is 0 Å². The van der Waals surface area contributed by atoms with E-state index in [1.54, 1.807) is 0 Å². The normalized spacial score (nSPS) is 12.2. The number of nitrogens with one attached hydrogen (secondary N) is 1. The zero-order valence-electron chi connectivity index (χ0n) is 10.4. The second kappa shape index (κ2) is 18.3. The lowest BCUT2D eigenvalue weighted by molar-refractivity contribution is -0.835. The Balaban J connectivity index is 4.16. The van der Waals surface area contributed by atoms with Crippen molar-refractivity contribution in [3.8, 4) is 0 Å². The fraction of sp³-hybridized carbons (Fsp3) is 0. The highest BCUT2D eigenvalue weighted by molar-refractivity contribution is 4.09. The Kier molecular flexibility index (Phi) is 16.3. The van der Waals surface area contributed by atoms with Crippen molar-refractivity contribution in [2.24, 2.45) is 47.0 Å². The second-order valence-corrected chi connectivity index (χ2v) is 1.83. The molecule has 0 aromatic carbocycles. The van der Waals surface area contributed by atoms with Crippen LogP contribution in [0.15, 0.2) is 47.0 Å². The maximum Gasteiger partial charge on any atom is 0.0559 e. The van der Waals surface area contributed by atoms with Gasteiger partial charge in [-0.1, -0.05) is 0 Å². The van der Waals surface area contributed by atoms with Crippen molar-refractivity contribution in [1.29, 1.82) is 5.53 Å². The van der Waals surface area contributed by atoms with Gasteiger partial charge in [-0.05, 0) is 81.4 Å². The molecule has 0 aliphatic heterocycles. The standard InChI is InChI=1S/H3N11O13/c1-2-3-4-5-6-7-8-9-10-11(14-18-22-20-16-12)15-19-23-24-21-17-13/h1,12-13H/b2-1?,4-3+,6-5+,8-7+,10-9+. The molecule has 3 N–H and O–H groups in total. The molecule has 24 nitrogen and oxygen atoms in total. The van der Waals surface area contributed by atoms with E-state index in [-0.39, 0.29) is 5.34 Å². The molecule has 0 aliphatic carbocycles.